The van der Waals surface area contributed by atoms with Gasteiger partial charge in [0.1, 0.15) is 41.7 Å². The van der Waals surface area contributed by atoms with E-state index in [2.05, 4.69) is 53.4 Å². The van der Waals surface area contributed by atoms with Crippen molar-refractivity contribution in [1.29, 1.82) is 0 Å². The van der Waals surface area contributed by atoms with E-state index in [0.717, 1.165) is 12.8 Å². The molecule has 3 aromatic carbocycles. The van der Waals surface area contributed by atoms with Crippen molar-refractivity contribution < 1.29 is 62.5 Å². The van der Waals surface area contributed by atoms with Crippen LogP contribution >= 0.6 is 0 Å². The highest BCUT2D eigenvalue weighted by atomic mass is 16.5. The molecule has 0 aromatic heterocycles. The van der Waals surface area contributed by atoms with E-state index < -0.39 is 113 Å². The molecule has 0 saturated carbocycles. The van der Waals surface area contributed by atoms with Crippen LogP contribution in [0.3, 0.4) is 0 Å². The Bertz CT molecular complexity index is 2540. The van der Waals surface area contributed by atoms with E-state index in [1.165, 1.54) is 39.3 Å². The van der Waals surface area contributed by atoms with E-state index in [1.807, 2.05) is 6.92 Å². The van der Waals surface area contributed by atoms with Crippen LogP contribution in [0.5, 0.6) is 11.5 Å². The topological polar surface area (TPSA) is 330 Å². The van der Waals surface area contributed by atoms with Gasteiger partial charge >= 0.3 is 11.8 Å². The summed E-state index contributed by atoms with van der Waals surface area (Å²) in [4.78, 5) is 135. The Balaban J connectivity index is 1.93. The van der Waals surface area contributed by atoms with Gasteiger partial charge in [-0.15, -0.1) is 0 Å². The lowest BCUT2D eigenvalue weighted by Gasteiger charge is -2.30. The highest BCUT2D eigenvalue weighted by molar-refractivity contribution is 6.39. The van der Waals surface area contributed by atoms with Crippen LogP contribution in [0.1, 0.15) is 114 Å². The molecule has 78 heavy (non-hydrogen) atoms. The van der Waals surface area contributed by atoms with Crippen molar-refractivity contribution in [2.24, 2.45) is 17.8 Å². The predicted octanol–water partition coefficient (Wildman–Crippen LogP) is 1.94. The molecule has 23 nitrogen and oxygen atoms in total. The molecular formula is C55H78N10O13. The Hall–Kier alpha value is -8.08. The average Bonchev–Trinajstić information content (AvgIpc) is 3.42. The molecule has 0 spiro atoms. The van der Waals surface area contributed by atoms with Gasteiger partial charge in [-0.05, 0) is 73.9 Å². The monoisotopic (exact) mass is 1090 g/mol. The first-order valence-corrected chi connectivity index (χ1v) is 26.1. The van der Waals surface area contributed by atoms with Crippen LogP contribution in [0, 0.1) is 17.8 Å². The SMILES string of the molecule is CCCCOc1ccccc1C(=O)N[C@H](C(=O)N[C@@H](CCCNC(=O)C(=O)Nc1ccc(OC)c(C(=O)NNC(=O)C(C)C)c1)C(=O)N[C@@H](Cc1ccccc1)C(=O)N[C@H](C(=O)N[C@H](C(=O)NC)[C@@H](C)O)[C@@H](C)CC)C(C)C. The van der Waals surface area contributed by atoms with Gasteiger partial charge < -0.3 is 57.1 Å². The zero-order valence-corrected chi connectivity index (χ0v) is 46.1. The number of hydrogen-bond acceptors (Lipinski definition) is 13. The molecular weight excluding hydrogens is 1010 g/mol. The van der Waals surface area contributed by atoms with Crippen LogP contribution in [0.25, 0.3) is 0 Å². The molecule has 0 radical (unpaired) electrons. The van der Waals surface area contributed by atoms with Crippen LogP contribution in [-0.4, -0.2) is 128 Å². The first-order chi connectivity index (χ1) is 37.1. The molecule has 0 aliphatic heterocycles. The molecule has 0 fully saturated rings. The van der Waals surface area contributed by atoms with Crippen LogP contribution in [-0.2, 0) is 44.8 Å². The molecule has 0 heterocycles. The number of carbonyl (C=O) groups is 10. The summed E-state index contributed by atoms with van der Waals surface area (Å²) in [6.45, 7) is 13.6. The third kappa shape index (κ3) is 20.1. The molecule has 0 aliphatic carbocycles. The van der Waals surface area contributed by atoms with Crippen molar-refractivity contribution in [2.45, 2.75) is 130 Å². The largest absolute Gasteiger partial charge is 0.496 e. The second-order valence-electron chi connectivity index (χ2n) is 19.3. The number of amides is 10. The highest BCUT2D eigenvalue weighted by Crippen LogP contribution is 2.23. The molecule has 0 unspecified atom stereocenters. The van der Waals surface area contributed by atoms with Gasteiger partial charge in [0.25, 0.3) is 11.8 Å². The maximum Gasteiger partial charge on any atom is 0.313 e. The van der Waals surface area contributed by atoms with Crippen LogP contribution < -0.4 is 62.9 Å². The Morgan fingerprint density at radius 1 is 0.590 bits per heavy atom. The maximum absolute atomic E-state index is 14.6. The standard InChI is InChI=1S/C55H78N10O13/c1-11-13-28-78-42-24-18-17-22-37(42)47(68)61-43(31(3)4)52(73)59-39(23-19-27-57-54(75)55(76)58-36-25-26-41(77-10)38(30-36)48(69)65-64-46(67)32(5)6)49(70)60-40(29-35-20-15-14-16-21-35)50(71)62-44(33(7)12-2)53(74)63-45(34(8)66)51(72)56-9/h14-18,20-22,24-26,30-34,39-40,43-45,66H,11-13,19,23,27-29H2,1-10H3,(H,56,72)(H,57,75)(H,58,76)(H,59,73)(H,60,70)(H,61,68)(H,62,71)(H,63,74)(H,64,67)(H,65,69)/t33-,34+,39-,40-,43-,44-,45-/m0/s1. The number of benzene rings is 3. The number of likely N-dealkylation sites (N-methyl/N-ethyl adjacent to an activating group) is 1. The Morgan fingerprint density at radius 3 is 1.83 bits per heavy atom. The van der Waals surface area contributed by atoms with Crippen molar-refractivity contribution in [2.75, 3.05) is 32.6 Å². The fourth-order valence-electron chi connectivity index (χ4n) is 7.55. The number of ether oxygens (including phenoxy) is 2. The van der Waals surface area contributed by atoms with Crippen LogP contribution in [0.2, 0.25) is 0 Å². The summed E-state index contributed by atoms with van der Waals surface area (Å²) in [7, 11) is 2.66. The first-order valence-electron chi connectivity index (χ1n) is 26.1. The molecule has 3 aromatic rings. The van der Waals surface area contributed by atoms with Crippen molar-refractivity contribution >= 4 is 64.8 Å². The fraction of sp³-hybridized carbons (Fsp3) is 0.491. The summed E-state index contributed by atoms with van der Waals surface area (Å²) in [5, 5.41) is 31.1. The van der Waals surface area contributed by atoms with E-state index in [9.17, 15) is 53.1 Å². The van der Waals surface area contributed by atoms with E-state index in [1.54, 1.807) is 96.1 Å². The molecule has 0 saturated heterocycles. The number of anilines is 1. The maximum atomic E-state index is 14.6. The molecule has 0 aliphatic rings. The van der Waals surface area contributed by atoms with Gasteiger partial charge in [-0.3, -0.25) is 58.8 Å². The number of aliphatic hydroxyl groups excluding tert-OH is 1. The zero-order chi connectivity index (χ0) is 58.1. The summed E-state index contributed by atoms with van der Waals surface area (Å²) in [5.41, 5.74) is 5.32. The number of para-hydroxylation sites is 1. The second-order valence-corrected chi connectivity index (χ2v) is 19.3. The molecule has 23 heteroatoms. The van der Waals surface area contributed by atoms with Gasteiger partial charge in [-0.2, -0.15) is 0 Å². The smallest absolute Gasteiger partial charge is 0.313 e. The molecule has 3 rings (SSSR count). The van der Waals surface area contributed by atoms with Gasteiger partial charge in [0.15, 0.2) is 0 Å². The van der Waals surface area contributed by atoms with Crippen molar-refractivity contribution in [3.8, 4) is 11.5 Å². The third-order valence-corrected chi connectivity index (χ3v) is 12.5. The fourth-order valence-corrected chi connectivity index (χ4v) is 7.55. The predicted molar refractivity (Wildman–Crippen MR) is 290 cm³/mol. The van der Waals surface area contributed by atoms with Gasteiger partial charge in [-0.25, -0.2) is 0 Å². The number of nitrogens with one attached hydrogen (secondary N) is 10. The molecule has 0 bridgehead atoms. The number of hydrazine groups is 1. The minimum Gasteiger partial charge on any atom is -0.496 e. The Morgan fingerprint density at radius 2 is 1.22 bits per heavy atom. The zero-order valence-electron chi connectivity index (χ0n) is 46.1. The van der Waals surface area contributed by atoms with Crippen LogP contribution in [0.4, 0.5) is 5.69 Å². The van der Waals surface area contributed by atoms with Gasteiger partial charge in [0.2, 0.25) is 35.4 Å². The highest BCUT2D eigenvalue weighted by Gasteiger charge is 2.36. The second kappa shape index (κ2) is 32.5. The number of aliphatic hydroxyl groups is 1. The quantitative estimate of drug-likeness (QED) is 0.0269. The number of hydrogen-bond donors (Lipinski definition) is 11. The van der Waals surface area contributed by atoms with E-state index >= 15 is 0 Å². The number of rotatable bonds is 29. The van der Waals surface area contributed by atoms with Gasteiger partial charge in [0.05, 0.1) is 30.9 Å². The van der Waals surface area contributed by atoms with Crippen molar-refractivity contribution in [3.05, 3.63) is 89.5 Å². The number of unbranched alkanes of at least 4 members (excludes halogenated alkanes) is 1. The molecule has 426 valence electrons. The molecule has 10 amide bonds. The summed E-state index contributed by atoms with van der Waals surface area (Å²) >= 11 is 0. The van der Waals surface area contributed by atoms with E-state index in [4.69, 9.17) is 9.47 Å². The summed E-state index contributed by atoms with van der Waals surface area (Å²) in [5.74, 6) is -8.92. The lowest BCUT2D eigenvalue weighted by molar-refractivity contribution is -0.136. The molecule has 11 N–H and O–H groups in total. The summed E-state index contributed by atoms with van der Waals surface area (Å²) in [6, 6.07) is 12.6. The lowest BCUT2D eigenvalue weighted by atomic mass is 9.96. The lowest BCUT2D eigenvalue weighted by Crippen LogP contribution is -2.61. The Kier molecular flexibility index (Phi) is 26.7. The van der Waals surface area contributed by atoms with Gasteiger partial charge in [-0.1, -0.05) is 104 Å². The summed E-state index contributed by atoms with van der Waals surface area (Å²) in [6.07, 6.45) is 0.391. The van der Waals surface area contributed by atoms with Crippen molar-refractivity contribution in [3.63, 3.8) is 0 Å². The minimum absolute atomic E-state index is 0.0326. The third-order valence-electron chi connectivity index (χ3n) is 12.5. The number of carbonyl (C=O) groups excluding carboxylic acids is 10. The van der Waals surface area contributed by atoms with Crippen molar-refractivity contribution in [1.82, 2.24) is 48.1 Å². The Labute approximate surface area is 455 Å². The summed E-state index contributed by atoms with van der Waals surface area (Å²) < 4.78 is 11.1. The van der Waals surface area contributed by atoms with E-state index in [0.29, 0.717) is 24.3 Å². The van der Waals surface area contributed by atoms with E-state index in [-0.39, 0.29) is 48.4 Å². The van der Waals surface area contributed by atoms with Crippen LogP contribution in [0.15, 0.2) is 72.8 Å². The first kappa shape index (κ1) is 64.2. The average molecular weight is 1090 g/mol. The molecule has 7 atom stereocenters. The van der Waals surface area contributed by atoms with Gasteiger partial charge in [0, 0.05) is 31.6 Å². The number of methoxy groups -OCH3 is 1. The minimum atomic E-state index is -1.43. The normalized spacial score (nSPS) is 13.6.